The first-order chi connectivity index (χ1) is 8.69. The molecule has 1 aromatic rings. The van der Waals surface area contributed by atoms with E-state index in [1.54, 1.807) is 0 Å². The number of rotatable bonds is 7. The van der Waals surface area contributed by atoms with Crippen molar-refractivity contribution in [1.29, 1.82) is 0 Å². The highest BCUT2D eigenvalue weighted by molar-refractivity contribution is 5.79. The lowest BCUT2D eigenvalue weighted by Crippen LogP contribution is -2.31. The number of carbonyl (C=O) groups is 1. The van der Waals surface area contributed by atoms with E-state index in [0.29, 0.717) is 6.61 Å². The van der Waals surface area contributed by atoms with Crippen LogP contribution in [0.5, 0.6) is 0 Å². The Morgan fingerprint density at radius 1 is 1.33 bits per heavy atom. The predicted molar refractivity (Wildman–Crippen MR) is 74.7 cm³/mol. The molecule has 0 radical (unpaired) electrons. The van der Waals surface area contributed by atoms with Crippen LogP contribution in [-0.2, 0) is 9.53 Å². The van der Waals surface area contributed by atoms with Gasteiger partial charge < -0.3 is 10.1 Å². The molecule has 3 nitrogen and oxygen atoms in total. The molecule has 0 saturated carbocycles. The number of carbonyl (C=O) groups excluding carboxylic acids is 1. The predicted octanol–water partition coefficient (Wildman–Crippen LogP) is 3.53. The minimum atomic E-state index is -0.244. The average molecular weight is 249 g/mol. The van der Waals surface area contributed by atoms with Gasteiger partial charge in [0, 0.05) is 5.69 Å². The molecule has 1 aromatic carbocycles. The van der Waals surface area contributed by atoms with Gasteiger partial charge in [-0.15, -0.1) is 0 Å². The van der Waals surface area contributed by atoms with Crippen molar-refractivity contribution in [3.8, 4) is 0 Å². The van der Waals surface area contributed by atoms with Crippen molar-refractivity contribution in [2.24, 2.45) is 0 Å². The highest BCUT2D eigenvalue weighted by Crippen LogP contribution is 2.17. The summed E-state index contributed by atoms with van der Waals surface area (Å²) in [5.41, 5.74) is 2.15. The molecule has 1 rings (SSSR count). The van der Waals surface area contributed by atoms with E-state index < -0.39 is 0 Å². The molecule has 1 unspecified atom stereocenters. The number of ether oxygens (including phenoxy) is 1. The van der Waals surface area contributed by atoms with Gasteiger partial charge in [0.1, 0.15) is 6.04 Å². The molecule has 0 heterocycles. The summed E-state index contributed by atoms with van der Waals surface area (Å²) in [6, 6.07) is 7.74. The molecule has 1 N–H and O–H groups in total. The van der Waals surface area contributed by atoms with Crippen LogP contribution in [-0.4, -0.2) is 18.6 Å². The topological polar surface area (TPSA) is 38.3 Å². The van der Waals surface area contributed by atoms with Gasteiger partial charge in [-0.25, -0.2) is 4.79 Å². The zero-order valence-corrected chi connectivity index (χ0v) is 11.5. The second-order valence-corrected chi connectivity index (χ2v) is 4.41. The summed E-state index contributed by atoms with van der Waals surface area (Å²) in [4.78, 5) is 11.9. The molecular weight excluding hydrogens is 226 g/mol. The van der Waals surface area contributed by atoms with Crippen molar-refractivity contribution in [2.75, 3.05) is 11.9 Å². The smallest absolute Gasteiger partial charge is 0.328 e. The number of nitrogens with one attached hydrogen (secondary N) is 1. The molecule has 0 aliphatic heterocycles. The number of hydrogen-bond donors (Lipinski definition) is 1. The van der Waals surface area contributed by atoms with Crippen molar-refractivity contribution in [1.82, 2.24) is 0 Å². The van der Waals surface area contributed by atoms with Crippen LogP contribution in [0.1, 0.15) is 38.7 Å². The van der Waals surface area contributed by atoms with Gasteiger partial charge in [0.05, 0.1) is 6.61 Å². The monoisotopic (exact) mass is 249 g/mol. The number of esters is 1. The van der Waals surface area contributed by atoms with Gasteiger partial charge in [-0.2, -0.15) is 0 Å². The maximum Gasteiger partial charge on any atom is 0.328 e. The number of para-hydroxylation sites is 1. The van der Waals surface area contributed by atoms with Gasteiger partial charge in [-0.1, -0.05) is 38.0 Å². The maximum absolute atomic E-state index is 11.9. The molecule has 0 aliphatic rings. The minimum absolute atomic E-state index is 0.158. The van der Waals surface area contributed by atoms with E-state index in [1.165, 1.54) is 0 Å². The molecule has 0 bridgehead atoms. The summed E-state index contributed by atoms with van der Waals surface area (Å²) in [5.74, 6) is -0.158. The number of benzene rings is 1. The highest BCUT2D eigenvalue weighted by Gasteiger charge is 2.19. The minimum Gasteiger partial charge on any atom is -0.464 e. The Balaban J connectivity index is 2.71. The van der Waals surface area contributed by atoms with Crippen molar-refractivity contribution in [3.63, 3.8) is 0 Å². The molecule has 3 heteroatoms. The molecule has 0 spiro atoms. The summed E-state index contributed by atoms with van der Waals surface area (Å²) < 4.78 is 5.11. The van der Waals surface area contributed by atoms with E-state index in [4.69, 9.17) is 4.74 Å². The zero-order valence-electron chi connectivity index (χ0n) is 11.5. The third-order valence-electron chi connectivity index (χ3n) is 2.89. The third-order valence-corrected chi connectivity index (χ3v) is 2.89. The largest absolute Gasteiger partial charge is 0.464 e. The molecule has 0 aromatic heterocycles. The van der Waals surface area contributed by atoms with E-state index in [2.05, 4.69) is 12.2 Å². The summed E-state index contributed by atoms with van der Waals surface area (Å²) >= 11 is 0. The molecule has 100 valence electrons. The standard InChI is InChI=1S/C15H23NO2/c1-4-6-10-14(15(17)18-5-2)16-13-11-8-7-9-12(13)3/h7-9,11,14,16H,4-6,10H2,1-3H3. The van der Waals surface area contributed by atoms with Crippen molar-refractivity contribution in [2.45, 2.75) is 46.1 Å². The van der Waals surface area contributed by atoms with Crippen LogP contribution in [0.2, 0.25) is 0 Å². The fraction of sp³-hybridized carbons (Fsp3) is 0.533. The Morgan fingerprint density at radius 3 is 2.67 bits per heavy atom. The second kappa shape index (κ2) is 7.75. The summed E-state index contributed by atoms with van der Waals surface area (Å²) in [6.07, 6.45) is 2.90. The molecule has 1 atom stereocenters. The lowest BCUT2D eigenvalue weighted by atomic mass is 10.1. The first-order valence-electron chi connectivity index (χ1n) is 6.67. The Kier molecular flexibility index (Phi) is 6.26. The molecular formula is C15H23NO2. The Labute approximate surface area is 110 Å². The summed E-state index contributed by atoms with van der Waals surface area (Å²) in [5, 5.41) is 3.29. The van der Waals surface area contributed by atoms with Crippen LogP contribution in [0.15, 0.2) is 24.3 Å². The quantitative estimate of drug-likeness (QED) is 0.751. The van der Waals surface area contributed by atoms with Crippen molar-refractivity contribution >= 4 is 11.7 Å². The third kappa shape index (κ3) is 4.40. The van der Waals surface area contributed by atoms with E-state index in [9.17, 15) is 4.79 Å². The first-order valence-corrected chi connectivity index (χ1v) is 6.67. The molecule has 0 saturated heterocycles. The maximum atomic E-state index is 11.9. The van der Waals surface area contributed by atoms with Crippen LogP contribution in [0.3, 0.4) is 0 Å². The fourth-order valence-electron chi connectivity index (χ4n) is 1.82. The zero-order chi connectivity index (χ0) is 13.4. The van der Waals surface area contributed by atoms with Crippen molar-refractivity contribution in [3.05, 3.63) is 29.8 Å². The van der Waals surface area contributed by atoms with E-state index in [1.807, 2.05) is 38.1 Å². The molecule has 0 fully saturated rings. The van der Waals surface area contributed by atoms with Gasteiger partial charge in [0.2, 0.25) is 0 Å². The molecule has 0 aliphatic carbocycles. The van der Waals surface area contributed by atoms with Gasteiger partial charge in [-0.05, 0) is 31.9 Å². The Morgan fingerprint density at radius 2 is 2.06 bits per heavy atom. The van der Waals surface area contributed by atoms with Gasteiger partial charge in [0.25, 0.3) is 0 Å². The van der Waals surface area contributed by atoms with Gasteiger partial charge >= 0.3 is 5.97 Å². The summed E-state index contributed by atoms with van der Waals surface area (Å²) in [7, 11) is 0. The molecule has 18 heavy (non-hydrogen) atoms. The normalized spacial score (nSPS) is 11.9. The van der Waals surface area contributed by atoms with Crippen molar-refractivity contribution < 1.29 is 9.53 Å². The van der Waals surface area contributed by atoms with Crippen LogP contribution < -0.4 is 5.32 Å². The number of aryl methyl sites for hydroxylation is 1. The SMILES string of the molecule is CCCCC(Nc1ccccc1C)C(=O)OCC. The van der Waals surface area contributed by atoms with Crippen LogP contribution in [0.25, 0.3) is 0 Å². The van der Waals surface area contributed by atoms with Crippen LogP contribution in [0.4, 0.5) is 5.69 Å². The molecule has 0 amide bonds. The second-order valence-electron chi connectivity index (χ2n) is 4.41. The fourth-order valence-corrected chi connectivity index (χ4v) is 1.82. The lowest BCUT2D eigenvalue weighted by Gasteiger charge is -2.19. The van der Waals surface area contributed by atoms with Gasteiger partial charge in [-0.3, -0.25) is 0 Å². The Bertz CT molecular complexity index is 377. The van der Waals surface area contributed by atoms with Crippen LogP contribution in [0, 0.1) is 6.92 Å². The number of hydrogen-bond acceptors (Lipinski definition) is 3. The van der Waals surface area contributed by atoms with Crippen LogP contribution >= 0.6 is 0 Å². The van der Waals surface area contributed by atoms with E-state index in [-0.39, 0.29) is 12.0 Å². The van der Waals surface area contributed by atoms with E-state index in [0.717, 1.165) is 30.5 Å². The first kappa shape index (κ1) is 14.6. The highest BCUT2D eigenvalue weighted by atomic mass is 16.5. The summed E-state index contributed by atoms with van der Waals surface area (Å²) in [6.45, 7) is 6.42. The Hall–Kier alpha value is -1.51. The number of anilines is 1. The van der Waals surface area contributed by atoms with E-state index >= 15 is 0 Å². The number of unbranched alkanes of at least 4 members (excludes halogenated alkanes) is 1. The van der Waals surface area contributed by atoms with Gasteiger partial charge in [0.15, 0.2) is 0 Å². The average Bonchev–Trinajstić information content (AvgIpc) is 2.36. The lowest BCUT2D eigenvalue weighted by molar-refractivity contribution is -0.144.